The molecule has 1 N–H and O–H groups in total. The smallest absolute Gasteiger partial charge is 0.257 e. The van der Waals surface area contributed by atoms with Crippen LogP contribution in [0.1, 0.15) is 31.0 Å². The molecular formula is C13H19F2N5. The van der Waals surface area contributed by atoms with Crippen molar-refractivity contribution in [3.05, 3.63) is 29.7 Å². The van der Waals surface area contributed by atoms with Gasteiger partial charge < -0.3 is 5.32 Å². The van der Waals surface area contributed by atoms with Gasteiger partial charge in [-0.2, -0.15) is 10.2 Å². The molecule has 0 aliphatic heterocycles. The van der Waals surface area contributed by atoms with Gasteiger partial charge >= 0.3 is 0 Å². The summed E-state index contributed by atoms with van der Waals surface area (Å²) in [5.74, 6) is 0.806. The number of aryl methyl sites for hydroxylation is 1. The van der Waals surface area contributed by atoms with Crippen molar-refractivity contribution < 1.29 is 8.78 Å². The highest BCUT2D eigenvalue weighted by Crippen LogP contribution is 2.15. The van der Waals surface area contributed by atoms with Gasteiger partial charge in [0.15, 0.2) is 5.82 Å². The second-order valence-corrected chi connectivity index (χ2v) is 5.05. The van der Waals surface area contributed by atoms with Crippen molar-refractivity contribution in [2.45, 2.75) is 46.3 Å². The van der Waals surface area contributed by atoms with E-state index in [2.05, 4.69) is 29.4 Å². The number of alkyl halides is 2. The topological polar surface area (TPSA) is 47.7 Å². The molecule has 20 heavy (non-hydrogen) atoms. The van der Waals surface area contributed by atoms with Gasteiger partial charge in [-0.1, -0.05) is 0 Å². The fourth-order valence-corrected chi connectivity index (χ4v) is 1.85. The Kier molecular flexibility index (Phi) is 4.36. The van der Waals surface area contributed by atoms with Crippen LogP contribution in [0.15, 0.2) is 18.6 Å². The minimum absolute atomic E-state index is 0.304. The average Bonchev–Trinajstić information content (AvgIpc) is 2.93. The molecule has 0 amide bonds. The first kappa shape index (κ1) is 14.5. The van der Waals surface area contributed by atoms with Gasteiger partial charge in [-0.05, 0) is 20.8 Å². The molecule has 7 heteroatoms. The molecule has 110 valence electrons. The Morgan fingerprint density at radius 1 is 1.30 bits per heavy atom. The van der Waals surface area contributed by atoms with Crippen LogP contribution in [0.25, 0.3) is 0 Å². The SMILES string of the molecule is Cc1cn(C(C)C)nc1NCc1cnn(CC(F)F)c1. The Balaban J connectivity index is 1.96. The summed E-state index contributed by atoms with van der Waals surface area (Å²) in [5.41, 5.74) is 1.91. The highest BCUT2D eigenvalue weighted by molar-refractivity contribution is 5.42. The molecule has 5 nitrogen and oxygen atoms in total. The van der Waals surface area contributed by atoms with Crippen LogP contribution in [-0.2, 0) is 13.1 Å². The Labute approximate surface area is 116 Å². The van der Waals surface area contributed by atoms with Gasteiger partial charge in [0.05, 0.1) is 6.20 Å². The molecule has 0 saturated carbocycles. The third-order valence-electron chi connectivity index (χ3n) is 2.92. The summed E-state index contributed by atoms with van der Waals surface area (Å²) < 4.78 is 27.6. The summed E-state index contributed by atoms with van der Waals surface area (Å²) in [7, 11) is 0. The lowest BCUT2D eigenvalue weighted by atomic mass is 10.3. The molecule has 0 saturated heterocycles. The maximum absolute atomic E-state index is 12.2. The largest absolute Gasteiger partial charge is 0.364 e. The summed E-state index contributed by atoms with van der Waals surface area (Å²) in [6.45, 7) is 6.24. The van der Waals surface area contributed by atoms with Crippen molar-refractivity contribution in [1.29, 1.82) is 0 Å². The van der Waals surface area contributed by atoms with Crippen molar-refractivity contribution in [1.82, 2.24) is 19.6 Å². The molecule has 2 aromatic heterocycles. The number of anilines is 1. The lowest BCUT2D eigenvalue weighted by Crippen LogP contribution is -2.07. The monoisotopic (exact) mass is 283 g/mol. The first-order valence-electron chi connectivity index (χ1n) is 6.55. The zero-order chi connectivity index (χ0) is 14.7. The van der Waals surface area contributed by atoms with E-state index in [0.717, 1.165) is 16.9 Å². The second-order valence-electron chi connectivity index (χ2n) is 5.05. The Morgan fingerprint density at radius 2 is 2.05 bits per heavy atom. The lowest BCUT2D eigenvalue weighted by molar-refractivity contribution is 0.122. The van der Waals surface area contributed by atoms with Gasteiger partial charge in [-0.15, -0.1) is 0 Å². The molecule has 0 unspecified atom stereocenters. The van der Waals surface area contributed by atoms with Gasteiger partial charge in [0, 0.05) is 36.1 Å². The summed E-state index contributed by atoms with van der Waals surface area (Å²) in [4.78, 5) is 0. The fraction of sp³-hybridized carbons (Fsp3) is 0.538. The summed E-state index contributed by atoms with van der Waals surface area (Å²) in [6, 6.07) is 0.304. The van der Waals surface area contributed by atoms with E-state index in [1.54, 1.807) is 12.4 Å². The number of aromatic nitrogens is 4. The minimum Gasteiger partial charge on any atom is -0.364 e. The van der Waals surface area contributed by atoms with Crippen LogP contribution in [-0.4, -0.2) is 26.0 Å². The number of halogens is 2. The molecule has 0 radical (unpaired) electrons. The quantitative estimate of drug-likeness (QED) is 0.886. The molecule has 0 fully saturated rings. The van der Waals surface area contributed by atoms with E-state index in [-0.39, 0.29) is 6.54 Å². The zero-order valence-electron chi connectivity index (χ0n) is 11.8. The number of hydrogen-bond acceptors (Lipinski definition) is 3. The normalized spacial score (nSPS) is 11.6. The van der Waals surface area contributed by atoms with Gasteiger partial charge in [-0.25, -0.2) is 8.78 Å². The molecule has 0 atom stereocenters. The van der Waals surface area contributed by atoms with E-state index >= 15 is 0 Å². The van der Waals surface area contributed by atoms with Gasteiger partial charge in [0.1, 0.15) is 6.54 Å². The zero-order valence-corrected chi connectivity index (χ0v) is 11.8. The maximum Gasteiger partial charge on any atom is 0.257 e. The van der Waals surface area contributed by atoms with Crippen LogP contribution in [0.3, 0.4) is 0 Å². The fourth-order valence-electron chi connectivity index (χ4n) is 1.85. The third-order valence-corrected chi connectivity index (χ3v) is 2.92. The number of nitrogens with zero attached hydrogens (tertiary/aromatic N) is 4. The highest BCUT2D eigenvalue weighted by atomic mass is 19.3. The van der Waals surface area contributed by atoms with E-state index in [0.29, 0.717) is 12.6 Å². The van der Waals surface area contributed by atoms with Crippen LogP contribution in [0, 0.1) is 6.92 Å². The van der Waals surface area contributed by atoms with Crippen LogP contribution < -0.4 is 5.32 Å². The van der Waals surface area contributed by atoms with Crippen molar-refractivity contribution in [2.75, 3.05) is 5.32 Å². The van der Waals surface area contributed by atoms with Crippen LogP contribution in [0.2, 0.25) is 0 Å². The maximum atomic E-state index is 12.2. The molecule has 0 bridgehead atoms. The van der Waals surface area contributed by atoms with E-state index in [4.69, 9.17) is 0 Å². The number of rotatable bonds is 6. The molecule has 0 aliphatic rings. The van der Waals surface area contributed by atoms with Crippen molar-refractivity contribution >= 4 is 5.82 Å². The Morgan fingerprint density at radius 3 is 2.65 bits per heavy atom. The van der Waals surface area contributed by atoms with Crippen LogP contribution in [0.4, 0.5) is 14.6 Å². The minimum atomic E-state index is -2.39. The molecule has 2 heterocycles. The number of nitrogens with one attached hydrogen (secondary N) is 1. The average molecular weight is 283 g/mol. The highest BCUT2D eigenvalue weighted by Gasteiger charge is 2.08. The van der Waals surface area contributed by atoms with Gasteiger partial charge in [0.25, 0.3) is 6.43 Å². The van der Waals surface area contributed by atoms with Crippen LogP contribution >= 0.6 is 0 Å². The Hall–Kier alpha value is -1.92. The van der Waals surface area contributed by atoms with Crippen molar-refractivity contribution in [3.63, 3.8) is 0 Å². The molecule has 0 aromatic carbocycles. The van der Waals surface area contributed by atoms with E-state index < -0.39 is 6.43 Å². The predicted molar refractivity (Wildman–Crippen MR) is 72.9 cm³/mol. The van der Waals surface area contributed by atoms with E-state index in [1.807, 2.05) is 17.8 Å². The summed E-state index contributed by atoms with van der Waals surface area (Å²) in [5, 5.41) is 11.5. The van der Waals surface area contributed by atoms with Crippen molar-refractivity contribution in [3.8, 4) is 0 Å². The molecule has 2 aromatic rings. The number of hydrogen-bond donors (Lipinski definition) is 1. The van der Waals surface area contributed by atoms with E-state index in [9.17, 15) is 8.78 Å². The molecule has 0 aliphatic carbocycles. The Bertz CT molecular complexity index is 559. The molecular weight excluding hydrogens is 264 g/mol. The standard InChI is InChI=1S/C13H19F2N5/c1-9(2)20-6-10(3)13(18-20)16-4-11-5-17-19(7-11)8-12(14)15/h5-7,9,12H,4,8H2,1-3H3,(H,16,18). The predicted octanol–water partition coefficient (Wildman–Crippen LogP) is 2.85. The van der Waals surface area contributed by atoms with Crippen LogP contribution in [0.5, 0.6) is 0 Å². The third kappa shape index (κ3) is 3.55. The van der Waals surface area contributed by atoms with Gasteiger partial charge in [-0.3, -0.25) is 9.36 Å². The summed E-state index contributed by atoms with van der Waals surface area (Å²) >= 11 is 0. The first-order valence-corrected chi connectivity index (χ1v) is 6.55. The van der Waals surface area contributed by atoms with E-state index in [1.165, 1.54) is 4.68 Å². The first-order chi connectivity index (χ1) is 9.45. The molecule has 2 rings (SSSR count). The molecule has 0 spiro atoms. The lowest BCUT2D eigenvalue weighted by Gasteiger charge is -2.04. The van der Waals surface area contributed by atoms with Crippen molar-refractivity contribution in [2.24, 2.45) is 0 Å². The second kappa shape index (κ2) is 6.02. The summed E-state index contributed by atoms with van der Waals surface area (Å²) in [6.07, 6.45) is 2.80. The van der Waals surface area contributed by atoms with Gasteiger partial charge in [0.2, 0.25) is 0 Å².